The van der Waals surface area contributed by atoms with Crippen LogP contribution in [0.25, 0.3) is 0 Å². The Morgan fingerprint density at radius 1 is 1.00 bits per heavy atom. The minimum absolute atomic E-state index is 0.330. The van der Waals surface area contributed by atoms with Crippen LogP contribution < -0.4 is 5.32 Å². The Hall–Kier alpha value is -1.67. The van der Waals surface area contributed by atoms with Crippen molar-refractivity contribution in [1.29, 1.82) is 0 Å². The second-order valence-electron chi connectivity index (χ2n) is 5.14. The molecule has 0 saturated heterocycles. The van der Waals surface area contributed by atoms with Gasteiger partial charge in [0.05, 0.1) is 0 Å². The number of hydrogen-bond acceptors (Lipinski definition) is 2. The third-order valence-electron chi connectivity index (χ3n) is 3.73. The lowest BCUT2D eigenvalue weighted by atomic mass is 9.85. The summed E-state index contributed by atoms with van der Waals surface area (Å²) in [4.78, 5) is 4.28. The molecule has 0 fully saturated rings. The lowest BCUT2D eigenvalue weighted by Gasteiger charge is -2.28. The van der Waals surface area contributed by atoms with E-state index in [1.165, 1.54) is 11.1 Å². The summed E-state index contributed by atoms with van der Waals surface area (Å²) in [6.45, 7) is 5.49. The first-order valence-corrected chi connectivity index (χ1v) is 7.55. The van der Waals surface area contributed by atoms with Crippen LogP contribution >= 0.6 is 0 Å². The molecule has 0 saturated carbocycles. The summed E-state index contributed by atoms with van der Waals surface area (Å²) in [6.07, 6.45) is 6.07. The highest BCUT2D eigenvalue weighted by Crippen LogP contribution is 2.33. The predicted octanol–water partition coefficient (Wildman–Crippen LogP) is 4.32. The normalized spacial score (nSPS) is 13.9. The molecule has 0 aliphatic carbocycles. The van der Waals surface area contributed by atoms with Gasteiger partial charge in [-0.25, -0.2) is 0 Å². The number of benzene rings is 1. The molecule has 1 heterocycles. The fourth-order valence-corrected chi connectivity index (χ4v) is 2.72. The molecular weight excluding hydrogens is 244 g/mol. The van der Waals surface area contributed by atoms with Gasteiger partial charge in [0.15, 0.2) is 0 Å². The Bertz CT molecular complexity index is 481. The standard InChI is InChI=1S/C18H24N2/c1-3-12-20-18(16-11-8-13-19-14-16)17(4-2)15-9-6-5-7-10-15/h5-11,13-14,17-18,20H,3-4,12H2,1-2H3. The van der Waals surface area contributed by atoms with Crippen LogP contribution in [-0.4, -0.2) is 11.5 Å². The minimum Gasteiger partial charge on any atom is -0.309 e. The first-order chi connectivity index (χ1) is 9.86. The van der Waals surface area contributed by atoms with Crippen LogP contribution in [0.2, 0.25) is 0 Å². The summed E-state index contributed by atoms with van der Waals surface area (Å²) in [6, 6.07) is 15.3. The Morgan fingerprint density at radius 3 is 2.35 bits per heavy atom. The van der Waals surface area contributed by atoms with E-state index in [1.54, 1.807) is 0 Å². The van der Waals surface area contributed by atoms with Crippen molar-refractivity contribution < 1.29 is 0 Å². The molecule has 0 radical (unpaired) electrons. The van der Waals surface area contributed by atoms with Gasteiger partial charge >= 0.3 is 0 Å². The highest BCUT2D eigenvalue weighted by atomic mass is 14.9. The smallest absolute Gasteiger partial charge is 0.0404 e. The summed E-state index contributed by atoms with van der Waals surface area (Å²) in [5.74, 6) is 0.479. The maximum atomic E-state index is 4.28. The van der Waals surface area contributed by atoms with Crippen LogP contribution in [0, 0.1) is 0 Å². The maximum absolute atomic E-state index is 4.28. The van der Waals surface area contributed by atoms with Crippen LogP contribution in [0.4, 0.5) is 0 Å². The van der Waals surface area contributed by atoms with E-state index in [-0.39, 0.29) is 0 Å². The number of hydrogen-bond donors (Lipinski definition) is 1. The average molecular weight is 268 g/mol. The highest BCUT2D eigenvalue weighted by Gasteiger charge is 2.22. The van der Waals surface area contributed by atoms with Gasteiger partial charge in [-0.3, -0.25) is 4.98 Å². The molecule has 0 amide bonds. The van der Waals surface area contributed by atoms with Crippen molar-refractivity contribution in [1.82, 2.24) is 10.3 Å². The van der Waals surface area contributed by atoms with E-state index in [4.69, 9.17) is 0 Å². The molecule has 106 valence electrons. The largest absolute Gasteiger partial charge is 0.309 e. The molecule has 1 aromatic carbocycles. The SMILES string of the molecule is CCCNC(c1cccnc1)C(CC)c1ccccc1. The fraction of sp³-hybridized carbons (Fsp3) is 0.389. The van der Waals surface area contributed by atoms with Crippen molar-refractivity contribution in [2.45, 2.75) is 38.6 Å². The van der Waals surface area contributed by atoms with E-state index < -0.39 is 0 Å². The van der Waals surface area contributed by atoms with E-state index in [0.717, 1.165) is 19.4 Å². The molecule has 2 atom stereocenters. The topological polar surface area (TPSA) is 24.9 Å². The number of rotatable bonds is 7. The van der Waals surface area contributed by atoms with Crippen LogP contribution in [0.5, 0.6) is 0 Å². The van der Waals surface area contributed by atoms with Crippen molar-refractivity contribution in [3.63, 3.8) is 0 Å². The molecule has 0 spiro atoms. The van der Waals surface area contributed by atoms with E-state index in [2.05, 4.69) is 60.5 Å². The zero-order valence-electron chi connectivity index (χ0n) is 12.4. The summed E-state index contributed by atoms with van der Waals surface area (Å²) in [5.41, 5.74) is 2.67. The molecule has 20 heavy (non-hydrogen) atoms. The minimum atomic E-state index is 0.330. The summed E-state index contributed by atoms with van der Waals surface area (Å²) in [7, 11) is 0. The lowest BCUT2D eigenvalue weighted by Crippen LogP contribution is -2.27. The van der Waals surface area contributed by atoms with Gasteiger partial charge in [-0.15, -0.1) is 0 Å². The average Bonchev–Trinajstić information content (AvgIpc) is 2.53. The summed E-state index contributed by atoms with van der Waals surface area (Å²) in [5, 5.41) is 3.70. The van der Waals surface area contributed by atoms with Gasteiger partial charge in [-0.1, -0.05) is 50.2 Å². The molecule has 1 aromatic heterocycles. The number of aromatic nitrogens is 1. The van der Waals surface area contributed by atoms with Gasteiger partial charge in [-0.2, -0.15) is 0 Å². The second kappa shape index (κ2) is 7.81. The predicted molar refractivity (Wildman–Crippen MR) is 84.7 cm³/mol. The Morgan fingerprint density at radius 2 is 1.75 bits per heavy atom. The van der Waals surface area contributed by atoms with Gasteiger partial charge in [0.25, 0.3) is 0 Å². The Kier molecular flexibility index (Phi) is 5.75. The van der Waals surface area contributed by atoms with Crippen LogP contribution in [0.1, 0.15) is 49.8 Å². The van der Waals surface area contributed by atoms with Crippen molar-refractivity contribution in [3.05, 3.63) is 66.0 Å². The van der Waals surface area contributed by atoms with Crippen LogP contribution in [-0.2, 0) is 0 Å². The van der Waals surface area contributed by atoms with Gasteiger partial charge in [0.2, 0.25) is 0 Å². The van der Waals surface area contributed by atoms with E-state index in [9.17, 15) is 0 Å². The zero-order chi connectivity index (χ0) is 14.2. The quantitative estimate of drug-likeness (QED) is 0.809. The summed E-state index contributed by atoms with van der Waals surface area (Å²) < 4.78 is 0. The Balaban J connectivity index is 2.29. The monoisotopic (exact) mass is 268 g/mol. The molecule has 0 aliphatic rings. The molecular formula is C18H24N2. The third-order valence-corrected chi connectivity index (χ3v) is 3.73. The fourth-order valence-electron chi connectivity index (χ4n) is 2.72. The molecule has 2 nitrogen and oxygen atoms in total. The number of nitrogens with one attached hydrogen (secondary N) is 1. The van der Waals surface area contributed by atoms with Gasteiger partial charge in [0, 0.05) is 24.4 Å². The maximum Gasteiger partial charge on any atom is 0.0404 e. The van der Waals surface area contributed by atoms with Gasteiger partial charge in [-0.05, 0) is 36.6 Å². The van der Waals surface area contributed by atoms with Crippen LogP contribution in [0.15, 0.2) is 54.9 Å². The van der Waals surface area contributed by atoms with Crippen LogP contribution in [0.3, 0.4) is 0 Å². The molecule has 2 aromatic rings. The van der Waals surface area contributed by atoms with E-state index in [1.807, 2.05) is 18.5 Å². The molecule has 1 N–H and O–H groups in total. The van der Waals surface area contributed by atoms with Gasteiger partial charge < -0.3 is 5.32 Å². The first-order valence-electron chi connectivity index (χ1n) is 7.55. The molecule has 2 rings (SSSR count). The Labute approximate surface area is 122 Å². The molecule has 2 unspecified atom stereocenters. The number of nitrogens with zero attached hydrogens (tertiary/aromatic N) is 1. The van der Waals surface area contributed by atoms with Crippen molar-refractivity contribution in [3.8, 4) is 0 Å². The highest BCUT2D eigenvalue weighted by molar-refractivity contribution is 5.26. The molecule has 2 heteroatoms. The number of pyridine rings is 1. The zero-order valence-corrected chi connectivity index (χ0v) is 12.4. The van der Waals surface area contributed by atoms with Crippen molar-refractivity contribution in [2.75, 3.05) is 6.54 Å². The van der Waals surface area contributed by atoms with E-state index in [0.29, 0.717) is 12.0 Å². The lowest BCUT2D eigenvalue weighted by molar-refractivity contribution is 0.434. The first kappa shape index (κ1) is 14.7. The summed E-state index contributed by atoms with van der Waals surface area (Å²) >= 11 is 0. The van der Waals surface area contributed by atoms with Crippen molar-refractivity contribution >= 4 is 0 Å². The third kappa shape index (κ3) is 3.67. The molecule has 0 bridgehead atoms. The molecule has 0 aliphatic heterocycles. The van der Waals surface area contributed by atoms with E-state index >= 15 is 0 Å². The van der Waals surface area contributed by atoms with Gasteiger partial charge in [0.1, 0.15) is 0 Å². The van der Waals surface area contributed by atoms with Crippen molar-refractivity contribution in [2.24, 2.45) is 0 Å². The second-order valence-corrected chi connectivity index (χ2v) is 5.14.